The number of Topliss-reactive ketones (excluding diaryl/α,β-unsaturated/α-hetero) is 1. The van der Waals surface area contributed by atoms with Gasteiger partial charge >= 0.3 is 0 Å². The number of hydrogen-bond acceptors (Lipinski definition) is 6. The standard InChI is InChI=1S/C23H27N5O/c1-15(2)13-16-3-5-17(6-4-16)21(29)18-9-11-28(12-10-18)23-19-7-8-20(24)27-22(19)25-14-26-23/h3-8,14-15,18H,9-13H2,1-2H3,(H2,24,25,26,27). The van der Waals surface area contributed by atoms with Crippen LogP contribution in [-0.4, -0.2) is 33.8 Å². The molecule has 0 aliphatic carbocycles. The molecule has 4 rings (SSSR count). The van der Waals surface area contributed by atoms with Crippen molar-refractivity contribution in [2.45, 2.75) is 33.1 Å². The molecule has 0 amide bonds. The first-order valence-electron chi connectivity index (χ1n) is 10.3. The molecule has 150 valence electrons. The molecule has 0 radical (unpaired) electrons. The number of ketones is 1. The van der Waals surface area contributed by atoms with E-state index in [1.54, 1.807) is 6.07 Å². The van der Waals surface area contributed by atoms with Crippen LogP contribution < -0.4 is 10.6 Å². The third-order valence-electron chi connectivity index (χ3n) is 5.55. The molecule has 1 aliphatic heterocycles. The molecule has 0 bridgehead atoms. The van der Waals surface area contributed by atoms with Gasteiger partial charge in [-0.05, 0) is 42.9 Å². The van der Waals surface area contributed by atoms with Crippen molar-refractivity contribution in [3.05, 3.63) is 53.9 Å². The van der Waals surface area contributed by atoms with E-state index < -0.39 is 0 Å². The highest BCUT2D eigenvalue weighted by Crippen LogP contribution is 2.29. The van der Waals surface area contributed by atoms with Gasteiger partial charge < -0.3 is 10.6 Å². The lowest BCUT2D eigenvalue weighted by atomic mass is 9.88. The summed E-state index contributed by atoms with van der Waals surface area (Å²) in [4.78, 5) is 28.2. The maximum atomic E-state index is 13.0. The molecule has 6 nitrogen and oxygen atoms in total. The second-order valence-electron chi connectivity index (χ2n) is 8.23. The summed E-state index contributed by atoms with van der Waals surface area (Å²) in [6.45, 7) is 5.99. The van der Waals surface area contributed by atoms with Crippen LogP contribution in [0.15, 0.2) is 42.7 Å². The number of nitrogens with zero attached hydrogens (tertiary/aromatic N) is 4. The van der Waals surface area contributed by atoms with Crippen molar-refractivity contribution >= 4 is 28.5 Å². The van der Waals surface area contributed by atoms with Gasteiger partial charge in [-0.1, -0.05) is 38.1 Å². The van der Waals surface area contributed by atoms with Crippen molar-refractivity contribution in [2.75, 3.05) is 23.7 Å². The van der Waals surface area contributed by atoms with Crippen molar-refractivity contribution in [1.82, 2.24) is 15.0 Å². The normalized spacial score (nSPS) is 15.2. The van der Waals surface area contributed by atoms with Crippen molar-refractivity contribution < 1.29 is 4.79 Å². The Balaban J connectivity index is 1.44. The summed E-state index contributed by atoms with van der Waals surface area (Å²) in [6, 6.07) is 11.8. The van der Waals surface area contributed by atoms with E-state index in [2.05, 4.69) is 45.8 Å². The molecule has 1 aromatic carbocycles. The highest BCUT2D eigenvalue weighted by molar-refractivity contribution is 5.98. The van der Waals surface area contributed by atoms with E-state index in [1.165, 1.54) is 11.9 Å². The third-order valence-corrected chi connectivity index (χ3v) is 5.55. The average Bonchev–Trinajstić information content (AvgIpc) is 2.73. The van der Waals surface area contributed by atoms with Crippen LogP contribution in [0.1, 0.15) is 42.6 Å². The van der Waals surface area contributed by atoms with Gasteiger partial charge in [-0.15, -0.1) is 0 Å². The van der Waals surface area contributed by atoms with E-state index in [1.807, 2.05) is 18.2 Å². The van der Waals surface area contributed by atoms with Gasteiger partial charge in [0.15, 0.2) is 11.4 Å². The maximum Gasteiger partial charge on any atom is 0.166 e. The molecule has 29 heavy (non-hydrogen) atoms. The molecule has 1 saturated heterocycles. The molecule has 6 heteroatoms. The molecule has 1 aliphatic rings. The molecular weight excluding hydrogens is 362 g/mol. The van der Waals surface area contributed by atoms with E-state index in [4.69, 9.17) is 5.73 Å². The Kier molecular flexibility index (Phi) is 5.43. The lowest BCUT2D eigenvalue weighted by Gasteiger charge is -2.32. The van der Waals surface area contributed by atoms with Gasteiger partial charge in [0, 0.05) is 24.6 Å². The zero-order valence-corrected chi connectivity index (χ0v) is 17.0. The van der Waals surface area contributed by atoms with Crippen LogP contribution in [0.3, 0.4) is 0 Å². The smallest absolute Gasteiger partial charge is 0.166 e. The molecule has 0 spiro atoms. The molecule has 0 atom stereocenters. The number of nitrogen functional groups attached to an aromatic ring is 1. The first kappa shape index (κ1) is 19.3. The number of carbonyl (C=O) groups is 1. The van der Waals surface area contributed by atoms with Gasteiger partial charge in [0.2, 0.25) is 0 Å². The van der Waals surface area contributed by atoms with Gasteiger partial charge in [0.1, 0.15) is 18.0 Å². The number of pyridine rings is 1. The molecule has 2 N–H and O–H groups in total. The van der Waals surface area contributed by atoms with E-state index in [0.29, 0.717) is 17.4 Å². The fraction of sp³-hybridized carbons (Fsp3) is 0.391. The maximum absolute atomic E-state index is 13.0. The number of nitrogens with two attached hydrogens (primary N) is 1. The summed E-state index contributed by atoms with van der Waals surface area (Å²) in [6.07, 6.45) is 4.21. The predicted octanol–water partition coefficient (Wildman–Crippen LogP) is 3.90. The van der Waals surface area contributed by atoms with Crippen LogP contribution >= 0.6 is 0 Å². The van der Waals surface area contributed by atoms with Crippen molar-refractivity contribution in [3.8, 4) is 0 Å². The number of benzene rings is 1. The minimum Gasteiger partial charge on any atom is -0.384 e. The fourth-order valence-corrected chi connectivity index (χ4v) is 4.06. The predicted molar refractivity (Wildman–Crippen MR) is 116 cm³/mol. The molecule has 3 aromatic rings. The summed E-state index contributed by atoms with van der Waals surface area (Å²) < 4.78 is 0. The molecular formula is C23H27N5O. The van der Waals surface area contributed by atoms with Gasteiger partial charge in [0.25, 0.3) is 0 Å². The molecule has 1 fully saturated rings. The molecule has 0 unspecified atom stereocenters. The summed E-state index contributed by atoms with van der Waals surface area (Å²) in [5.74, 6) is 2.24. The molecule has 2 aromatic heterocycles. The van der Waals surface area contributed by atoms with Crippen LogP contribution in [0.2, 0.25) is 0 Å². The van der Waals surface area contributed by atoms with Crippen molar-refractivity contribution in [2.24, 2.45) is 11.8 Å². The summed E-state index contributed by atoms with van der Waals surface area (Å²) in [5, 5.41) is 0.896. The summed E-state index contributed by atoms with van der Waals surface area (Å²) in [7, 11) is 0. The Morgan fingerprint density at radius 3 is 2.52 bits per heavy atom. The number of aromatic nitrogens is 3. The highest BCUT2D eigenvalue weighted by atomic mass is 16.1. The molecule has 0 saturated carbocycles. The summed E-state index contributed by atoms with van der Waals surface area (Å²) in [5.41, 5.74) is 8.49. The Bertz CT molecular complexity index is 1010. The van der Waals surface area contributed by atoms with E-state index in [9.17, 15) is 4.79 Å². The third kappa shape index (κ3) is 4.21. The van der Waals surface area contributed by atoms with E-state index in [-0.39, 0.29) is 11.7 Å². The zero-order chi connectivity index (χ0) is 20.4. The highest BCUT2D eigenvalue weighted by Gasteiger charge is 2.27. The van der Waals surface area contributed by atoms with Crippen molar-refractivity contribution in [1.29, 1.82) is 0 Å². The minimum absolute atomic E-state index is 0.0593. The second-order valence-corrected chi connectivity index (χ2v) is 8.23. The topological polar surface area (TPSA) is 85.0 Å². The number of hydrogen-bond donors (Lipinski definition) is 1. The fourth-order valence-electron chi connectivity index (χ4n) is 4.06. The zero-order valence-electron chi connectivity index (χ0n) is 17.0. The Morgan fingerprint density at radius 2 is 1.83 bits per heavy atom. The Morgan fingerprint density at radius 1 is 1.10 bits per heavy atom. The second kappa shape index (κ2) is 8.15. The summed E-state index contributed by atoms with van der Waals surface area (Å²) >= 11 is 0. The SMILES string of the molecule is CC(C)Cc1ccc(C(=O)C2CCN(c3ncnc4nc(N)ccc34)CC2)cc1. The van der Waals surface area contributed by atoms with Gasteiger partial charge in [-0.3, -0.25) is 4.79 Å². The quantitative estimate of drug-likeness (QED) is 0.666. The lowest BCUT2D eigenvalue weighted by molar-refractivity contribution is 0.0900. The first-order chi connectivity index (χ1) is 14.0. The first-order valence-corrected chi connectivity index (χ1v) is 10.3. The lowest BCUT2D eigenvalue weighted by Crippen LogP contribution is -2.37. The van der Waals surface area contributed by atoms with Crippen molar-refractivity contribution in [3.63, 3.8) is 0 Å². The minimum atomic E-state index is 0.0593. The molecule has 3 heterocycles. The van der Waals surface area contributed by atoms with Crippen LogP contribution in [0, 0.1) is 11.8 Å². The monoisotopic (exact) mass is 389 g/mol. The Hall–Kier alpha value is -3.02. The number of carbonyl (C=O) groups excluding carboxylic acids is 1. The number of rotatable bonds is 5. The Labute approximate surface area is 171 Å². The van der Waals surface area contributed by atoms with Crippen LogP contribution in [0.25, 0.3) is 11.0 Å². The van der Waals surface area contributed by atoms with Gasteiger partial charge in [-0.25, -0.2) is 15.0 Å². The van der Waals surface area contributed by atoms with E-state index >= 15 is 0 Å². The number of fused-ring (bicyclic) bond motifs is 1. The largest absolute Gasteiger partial charge is 0.384 e. The average molecular weight is 390 g/mol. The van der Waals surface area contributed by atoms with Crippen LogP contribution in [-0.2, 0) is 6.42 Å². The number of anilines is 2. The number of piperidine rings is 1. The van der Waals surface area contributed by atoms with Crippen LogP contribution in [0.5, 0.6) is 0 Å². The van der Waals surface area contributed by atoms with Gasteiger partial charge in [-0.2, -0.15) is 0 Å². The van der Waals surface area contributed by atoms with Gasteiger partial charge in [0.05, 0.1) is 5.39 Å². The van der Waals surface area contributed by atoms with E-state index in [0.717, 1.165) is 49.1 Å². The van der Waals surface area contributed by atoms with Crippen LogP contribution in [0.4, 0.5) is 11.6 Å².